The summed E-state index contributed by atoms with van der Waals surface area (Å²) in [5.74, 6) is 0.775. The van der Waals surface area contributed by atoms with Crippen molar-refractivity contribution in [1.29, 1.82) is 5.41 Å². The molecule has 0 unspecified atom stereocenters. The molecule has 13 heavy (non-hydrogen) atoms. The Morgan fingerprint density at radius 2 is 2.15 bits per heavy atom. The van der Waals surface area contributed by atoms with Crippen LogP contribution in [0.25, 0.3) is 0 Å². The number of hydrogen-bond donors (Lipinski definition) is 1. The second-order valence-corrected chi connectivity index (χ2v) is 3.33. The fourth-order valence-corrected chi connectivity index (χ4v) is 1.61. The van der Waals surface area contributed by atoms with Gasteiger partial charge in [0.2, 0.25) is 0 Å². The average Bonchev–Trinajstić information content (AvgIpc) is 2.54. The van der Waals surface area contributed by atoms with Crippen molar-refractivity contribution in [3.05, 3.63) is 30.1 Å². The molecule has 3 heteroatoms. The normalized spacial score (nSPS) is 16.6. The maximum Gasteiger partial charge on any atom is 0.0961 e. The van der Waals surface area contributed by atoms with Crippen LogP contribution in [0.5, 0.6) is 0 Å². The number of rotatable bonds is 2. The maximum atomic E-state index is 7.67. The third kappa shape index (κ3) is 1.86. The van der Waals surface area contributed by atoms with Gasteiger partial charge in [0, 0.05) is 31.9 Å². The van der Waals surface area contributed by atoms with Crippen LogP contribution < -0.4 is 0 Å². The molecule has 68 valence electrons. The molecule has 1 aromatic heterocycles. The van der Waals surface area contributed by atoms with Gasteiger partial charge in [0.05, 0.1) is 5.84 Å². The summed E-state index contributed by atoms with van der Waals surface area (Å²) < 4.78 is 0. The molecule has 2 rings (SSSR count). The summed E-state index contributed by atoms with van der Waals surface area (Å²) in [6.45, 7) is 1.89. The summed E-state index contributed by atoms with van der Waals surface area (Å²) in [7, 11) is 0. The first-order valence-corrected chi connectivity index (χ1v) is 4.57. The van der Waals surface area contributed by atoms with Gasteiger partial charge in [0.1, 0.15) is 0 Å². The van der Waals surface area contributed by atoms with Crippen LogP contribution in [0.2, 0.25) is 0 Å². The number of hydrogen-bond acceptors (Lipinski definition) is 2. The van der Waals surface area contributed by atoms with E-state index in [2.05, 4.69) is 9.88 Å². The quantitative estimate of drug-likeness (QED) is 0.742. The Balaban J connectivity index is 2.02. The summed E-state index contributed by atoms with van der Waals surface area (Å²) >= 11 is 0. The van der Waals surface area contributed by atoms with Crippen LogP contribution in [-0.2, 0) is 6.54 Å². The highest BCUT2D eigenvalue weighted by atomic mass is 15.2. The van der Waals surface area contributed by atoms with Crippen LogP contribution in [0.4, 0.5) is 0 Å². The first-order valence-electron chi connectivity index (χ1n) is 4.57. The largest absolute Gasteiger partial charge is 0.356 e. The van der Waals surface area contributed by atoms with E-state index >= 15 is 0 Å². The van der Waals surface area contributed by atoms with Crippen molar-refractivity contribution in [2.45, 2.75) is 19.4 Å². The van der Waals surface area contributed by atoms with Crippen LogP contribution in [0.15, 0.2) is 24.5 Å². The van der Waals surface area contributed by atoms with E-state index in [4.69, 9.17) is 5.41 Å². The van der Waals surface area contributed by atoms with Crippen molar-refractivity contribution in [2.75, 3.05) is 6.54 Å². The van der Waals surface area contributed by atoms with Crippen LogP contribution in [0, 0.1) is 5.41 Å². The lowest BCUT2D eigenvalue weighted by molar-refractivity contribution is 0.446. The minimum Gasteiger partial charge on any atom is -0.356 e. The predicted octanol–water partition coefficient (Wildman–Crippen LogP) is 1.65. The minimum atomic E-state index is 0.775. The fraction of sp³-hybridized carbons (Fsp3) is 0.400. The summed E-state index contributed by atoms with van der Waals surface area (Å²) in [4.78, 5) is 6.09. The lowest BCUT2D eigenvalue weighted by atomic mass is 10.2. The van der Waals surface area contributed by atoms with Gasteiger partial charge < -0.3 is 4.90 Å². The molecule has 0 atom stereocenters. The Bertz CT molecular complexity index is 294. The second kappa shape index (κ2) is 3.56. The van der Waals surface area contributed by atoms with E-state index in [1.165, 1.54) is 5.56 Å². The van der Waals surface area contributed by atoms with Gasteiger partial charge in [-0.15, -0.1) is 0 Å². The van der Waals surface area contributed by atoms with Crippen LogP contribution >= 0.6 is 0 Å². The predicted molar refractivity (Wildman–Crippen MR) is 51.6 cm³/mol. The monoisotopic (exact) mass is 175 g/mol. The average molecular weight is 175 g/mol. The van der Waals surface area contributed by atoms with Gasteiger partial charge in [-0.3, -0.25) is 10.4 Å². The van der Waals surface area contributed by atoms with E-state index in [0.29, 0.717) is 0 Å². The standard InChI is InChI=1S/C10H13N3/c11-10-2-1-7-13(10)8-9-3-5-12-6-4-9/h3-6,11H,1-2,7-8H2. The number of nitrogens with zero attached hydrogens (tertiary/aromatic N) is 2. The molecule has 1 aromatic rings. The Morgan fingerprint density at radius 3 is 2.77 bits per heavy atom. The summed E-state index contributed by atoms with van der Waals surface area (Å²) in [6.07, 6.45) is 5.67. The molecule has 1 N–H and O–H groups in total. The Morgan fingerprint density at radius 1 is 1.38 bits per heavy atom. The molecule has 0 spiro atoms. The highest BCUT2D eigenvalue weighted by Crippen LogP contribution is 2.13. The van der Waals surface area contributed by atoms with E-state index in [-0.39, 0.29) is 0 Å². The van der Waals surface area contributed by atoms with E-state index in [1.807, 2.05) is 12.1 Å². The Kier molecular flexibility index (Phi) is 2.25. The van der Waals surface area contributed by atoms with Gasteiger partial charge in [-0.2, -0.15) is 0 Å². The third-order valence-corrected chi connectivity index (χ3v) is 2.35. The van der Waals surface area contributed by atoms with Crippen molar-refractivity contribution in [1.82, 2.24) is 9.88 Å². The molecule has 3 nitrogen and oxygen atoms in total. The zero-order valence-corrected chi connectivity index (χ0v) is 7.53. The SMILES string of the molecule is N=C1CCCN1Cc1ccncc1. The highest BCUT2D eigenvalue weighted by molar-refractivity contribution is 5.80. The van der Waals surface area contributed by atoms with Gasteiger partial charge in [-0.25, -0.2) is 0 Å². The minimum absolute atomic E-state index is 0.775. The Hall–Kier alpha value is -1.38. The molecule has 0 aromatic carbocycles. The summed E-state index contributed by atoms with van der Waals surface area (Å²) in [5, 5.41) is 7.67. The van der Waals surface area contributed by atoms with Crippen LogP contribution in [-0.4, -0.2) is 22.3 Å². The zero-order valence-electron chi connectivity index (χ0n) is 7.53. The molecule has 0 bridgehead atoms. The van der Waals surface area contributed by atoms with Crippen molar-refractivity contribution in [2.24, 2.45) is 0 Å². The number of aromatic nitrogens is 1. The lowest BCUT2D eigenvalue weighted by Gasteiger charge is -2.17. The maximum absolute atomic E-state index is 7.67. The molecule has 2 heterocycles. The molecule has 0 radical (unpaired) electrons. The van der Waals surface area contributed by atoms with Crippen molar-refractivity contribution < 1.29 is 0 Å². The zero-order chi connectivity index (χ0) is 9.10. The topological polar surface area (TPSA) is 40.0 Å². The molecule has 1 aliphatic rings. The number of amidine groups is 1. The number of nitrogens with one attached hydrogen (secondary N) is 1. The molecule has 0 aliphatic carbocycles. The van der Waals surface area contributed by atoms with Gasteiger partial charge in [0.15, 0.2) is 0 Å². The lowest BCUT2D eigenvalue weighted by Crippen LogP contribution is -2.23. The van der Waals surface area contributed by atoms with Crippen molar-refractivity contribution in [3.63, 3.8) is 0 Å². The second-order valence-electron chi connectivity index (χ2n) is 3.33. The third-order valence-electron chi connectivity index (χ3n) is 2.35. The van der Waals surface area contributed by atoms with Gasteiger partial charge in [-0.1, -0.05) is 0 Å². The van der Waals surface area contributed by atoms with E-state index in [1.54, 1.807) is 12.4 Å². The van der Waals surface area contributed by atoms with Crippen LogP contribution in [0.1, 0.15) is 18.4 Å². The van der Waals surface area contributed by atoms with E-state index < -0.39 is 0 Å². The molecule has 1 fully saturated rings. The number of pyridine rings is 1. The smallest absolute Gasteiger partial charge is 0.0961 e. The first kappa shape index (κ1) is 8.23. The van der Waals surface area contributed by atoms with Crippen molar-refractivity contribution in [3.8, 4) is 0 Å². The number of likely N-dealkylation sites (tertiary alicyclic amines) is 1. The fourth-order valence-electron chi connectivity index (χ4n) is 1.61. The van der Waals surface area contributed by atoms with E-state index in [9.17, 15) is 0 Å². The van der Waals surface area contributed by atoms with Gasteiger partial charge in [0.25, 0.3) is 0 Å². The first-order chi connectivity index (χ1) is 6.36. The highest BCUT2D eigenvalue weighted by Gasteiger charge is 2.16. The molecular formula is C10H13N3. The molecular weight excluding hydrogens is 162 g/mol. The molecule has 0 saturated carbocycles. The summed E-state index contributed by atoms with van der Waals surface area (Å²) in [5.41, 5.74) is 1.24. The Labute approximate surface area is 77.9 Å². The van der Waals surface area contributed by atoms with Crippen LogP contribution in [0.3, 0.4) is 0 Å². The van der Waals surface area contributed by atoms with Gasteiger partial charge >= 0.3 is 0 Å². The molecule has 0 amide bonds. The van der Waals surface area contributed by atoms with E-state index in [0.717, 1.165) is 31.8 Å². The molecule has 1 saturated heterocycles. The van der Waals surface area contributed by atoms with Crippen molar-refractivity contribution >= 4 is 5.84 Å². The summed E-state index contributed by atoms with van der Waals surface area (Å²) in [6, 6.07) is 4.01. The van der Waals surface area contributed by atoms with Gasteiger partial charge in [-0.05, 0) is 24.1 Å². The molecule has 1 aliphatic heterocycles.